The first-order chi connectivity index (χ1) is 11.0. The second-order valence-electron chi connectivity index (χ2n) is 6.08. The van der Waals surface area contributed by atoms with E-state index in [2.05, 4.69) is 47.6 Å². The predicted octanol–water partition coefficient (Wildman–Crippen LogP) is -1.13. The van der Waals surface area contributed by atoms with E-state index in [9.17, 15) is 9.59 Å². The van der Waals surface area contributed by atoms with Crippen molar-refractivity contribution in [3.8, 4) is 0 Å². The second kappa shape index (κ2) is 7.97. The first-order valence-electron chi connectivity index (χ1n) is 8.13. The van der Waals surface area contributed by atoms with Crippen molar-refractivity contribution in [3.05, 3.63) is 29.3 Å². The van der Waals surface area contributed by atoms with Gasteiger partial charge in [-0.1, -0.05) is 12.1 Å². The number of aryl methyl sites for hydroxylation is 1. The van der Waals surface area contributed by atoms with Crippen molar-refractivity contribution in [1.82, 2.24) is 10.6 Å². The Kier molecular flexibility index (Phi) is 5.98. The molecule has 23 heavy (non-hydrogen) atoms. The highest BCUT2D eigenvalue weighted by Crippen LogP contribution is 2.22. The number of carbonyl (C=O) groups excluding carboxylic acids is 2. The van der Waals surface area contributed by atoms with E-state index in [1.807, 2.05) is 0 Å². The highest BCUT2D eigenvalue weighted by molar-refractivity contribution is 5.84. The number of nitrogens with zero attached hydrogens (tertiary/aromatic N) is 1. The number of hydrogen-bond acceptors (Lipinski definition) is 3. The third-order valence-electron chi connectivity index (χ3n) is 4.52. The van der Waals surface area contributed by atoms with Crippen molar-refractivity contribution in [2.45, 2.75) is 13.8 Å². The van der Waals surface area contributed by atoms with Crippen LogP contribution in [0.1, 0.15) is 11.1 Å². The minimum Gasteiger partial charge on any atom is -0.360 e. The molecule has 1 heterocycles. The molecule has 0 unspecified atom stereocenters. The largest absolute Gasteiger partial charge is 0.360 e. The van der Waals surface area contributed by atoms with Gasteiger partial charge in [-0.05, 0) is 31.0 Å². The average molecular weight is 319 g/mol. The summed E-state index contributed by atoms with van der Waals surface area (Å²) >= 11 is 0. The number of carbonyl (C=O) groups is 2. The van der Waals surface area contributed by atoms with Crippen molar-refractivity contribution >= 4 is 17.5 Å². The lowest BCUT2D eigenvalue weighted by molar-refractivity contribution is -0.892. The minimum atomic E-state index is -0.173. The van der Waals surface area contributed by atoms with Crippen molar-refractivity contribution in [2.24, 2.45) is 0 Å². The summed E-state index contributed by atoms with van der Waals surface area (Å²) in [5.74, 6) is -0.239. The van der Waals surface area contributed by atoms with Crippen LogP contribution in [0.5, 0.6) is 0 Å². The van der Waals surface area contributed by atoms with Crippen LogP contribution in [0.3, 0.4) is 0 Å². The third kappa shape index (κ3) is 4.69. The van der Waals surface area contributed by atoms with Crippen LogP contribution in [0.4, 0.5) is 5.69 Å². The van der Waals surface area contributed by atoms with Gasteiger partial charge in [0, 0.05) is 12.7 Å². The van der Waals surface area contributed by atoms with Crippen LogP contribution < -0.4 is 20.4 Å². The standard InChI is InChI=1S/C17H26N4O2/c1-13-5-4-6-15(14(13)2)21-9-7-20(8-10-21)12-17(23)19-11-16(22)18-3/h4-6H,7-12H2,1-3H3,(H,18,22)(H,19,23)/p+1. The van der Waals surface area contributed by atoms with Crippen LogP contribution in [-0.2, 0) is 9.59 Å². The Bertz CT molecular complexity index is 566. The van der Waals surface area contributed by atoms with Gasteiger partial charge in [-0.15, -0.1) is 0 Å². The van der Waals surface area contributed by atoms with Crippen LogP contribution in [-0.4, -0.2) is 58.1 Å². The van der Waals surface area contributed by atoms with Gasteiger partial charge in [-0.2, -0.15) is 0 Å². The molecule has 1 aliphatic rings. The highest BCUT2D eigenvalue weighted by Gasteiger charge is 2.23. The van der Waals surface area contributed by atoms with E-state index in [-0.39, 0.29) is 18.4 Å². The summed E-state index contributed by atoms with van der Waals surface area (Å²) in [7, 11) is 1.56. The molecule has 0 aliphatic carbocycles. The number of quaternary nitrogens is 1. The Hall–Kier alpha value is -2.08. The Balaban J connectivity index is 1.81. The van der Waals surface area contributed by atoms with Gasteiger partial charge in [-0.25, -0.2) is 0 Å². The Labute approximate surface area is 137 Å². The van der Waals surface area contributed by atoms with Gasteiger partial charge in [0.1, 0.15) is 0 Å². The van der Waals surface area contributed by atoms with E-state index in [4.69, 9.17) is 0 Å². The quantitative estimate of drug-likeness (QED) is 0.643. The molecule has 0 radical (unpaired) electrons. The molecule has 0 bridgehead atoms. The van der Waals surface area contributed by atoms with Crippen LogP contribution in [0, 0.1) is 13.8 Å². The Morgan fingerprint density at radius 2 is 1.87 bits per heavy atom. The molecule has 2 amide bonds. The molecule has 1 aliphatic heterocycles. The van der Waals surface area contributed by atoms with Gasteiger partial charge >= 0.3 is 0 Å². The molecule has 6 nitrogen and oxygen atoms in total. The van der Waals surface area contributed by atoms with Crippen LogP contribution >= 0.6 is 0 Å². The SMILES string of the molecule is CNC(=O)CNC(=O)C[NH+]1CCN(c2cccc(C)c2C)CC1. The summed E-state index contributed by atoms with van der Waals surface area (Å²) in [4.78, 5) is 26.6. The number of hydrogen-bond donors (Lipinski definition) is 3. The van der Waals surface area contributed by atoms with E-state index in [1.54, 1.807) is 7.05 Å². The van der Waals surface area contributed by atoms with Gasteiger partial charge in [0.25, 0.3) is 5.91 Å². The van der Waals surface area contributed by atoms with Gasteiger partial charge in [0.2, 0.25) is 5.91 Å². The van der Waals surface area contributed by atoms with Crippen LogP contribution in [0.25, 0.3) is 0 Å². The summed E-state index contributed by atoms with van der Waals surface area (Å²) in [6.45, 7) is 8.54. The Morgan fingerprint density at radius 3 is 2.52 bits per heavy atom. The Morgan fingerprint density at radius 1 is 1.17 bits per heavy atom. The van der Waals surface area contributed by atoms with Gasteiger partial charge in [0.05, 0.1) is 32.7 Å². The smallest absolute Gasteiger partial charge is 0.275 e. The normalized spacial score (nSPS) is 15.3. The molecular formula is C17H27N4O2+. The third-order valence-corrected chi connectivity index (χ3v) is 4.52. The maximum atomic E-state index is 11.9. The fourth-order valence-electron chi connectivity index (χ4n) is 2.88. The van der Waals surface area contributed by atoms with Crippen molar-refractivity contribution in [1.29, 1.82) is 0 Å². The molecule has 0 spiro atoms. The molecule has 0 saturated carbocycles. The summed E-state index contributed by atoms with van der Waals surface area (Å²) in [5, 5.41) is 5.15. The molecule has 1 fully saturated rings. The molecule has 6 heteroatoms. The summed E-state index contributed by atoms with van der Waals surface area (Å²) < 4.78 is 0. The summed E-state index contributed by atoms with van der Waals surface area (Å²) in [6, 6.07) is 6.41. The predicted molar refractivity (Wildman–Crippen MR) is 90.8 cm³/mol. The summed E-state index contributed by atoms with van der Waals surface area (Å²) in [5.41, 5.74) is 3.94. The maximum absolute atomic E-state index is 11.9. The van der Waals surface area contributed by atoms with Crippen LogP contribution in [0.15, 0.2) is 18.2 Å². The van der Waals surface area contributed by atoms with Gasteiger partial charge in [-0.3, -0.25) is 9.59 Å². The van der Waals surface area contributed by atoms with Crippen LogP contribution in [0.2, 0.25) is 0 Å². The van der Waals surface area contributed by atoms with Gasteiger partial charge < -0.3 is 20.4 Å². The molecule has 1 saturated heterocycles. The van der Waals surface area contributed by atoms with E-state index >= 15 is 0 Å². The van der Waals surface area contributed by atoms with E-state index < -0.39 is 0 Å². The number of amides is 2. The maximum Gasteiger partial charge on any atom is 0.275 e. The van der Waals surface area contributed by atoms with E-state index in [0.717, 1.165) is 26.2 Å². The lowest BCUT2D eigenvalue weighted by atomic mass is 10.1. The van der Waals surface area contributed by atoms with Crippen molar-refractivity contribution < 1.29 is 14.5 Å². The van der Waals surface area contributed by atoms with Gasteiger partial charge in [0.15, 0.2) is 6.54 Å². The zero-order chi connectivity index (χ0) is 16.8. The topological polar surface area (TPSA) is 65.9 Å². The zero-order valence-electron chi connectivity index (χ0n) is 14.2. The lowest BCUT2D eigenvalue weighted by Crippen LogP contribution is -3.16. The fraction of sp³-hybridized carbons (Fsp3) is 0.529. The average Bonchev–Trinajstić information content (AvgIpc) is 2.56. The molecule has 1 aromatic rings. The number of piperazine rings is 1. The highest BCUT2D eigenvalue weighted by atomic mass is 16.2. The minimum absolute atomic E-state index is 0.0528. The molecule has 126 valence electrons. The lowest BCUT2D eigenvalue weighted by Gasteiger charge is -2.34. The number of benzene rings is 1. The second-order valence-corrected chi connectivity index (χ2v) is 6.08. The molecule has 3 N–H and O–H groups in total. The number of nitrogens with one attached hydrogen (secondary N) is 3. The van der Waals surface area contributed by atoms with E-state index in [0.29, 0.717) is 6.54 Å². The number of rotatable bonds is 5. The molecular weight excluding hydrogens is 292 g/mol. The molecule has 2 rings (SSSR count). The molecule has 1 aromatic carbocycles. The first-order valence-corrected chi connectivity index (χ1v) is 8.13. The monoisotopic (exact) mass is 319 g/mol. The number of likely N-dealkylation sites (N-methyl/N-ethyl adjacent to an activating group) is 1. The summed E-state index contributed by atoms with van der Waals surface area (Å²) in [6.07, 6.45) is 0. The van der Waals surface area contributed by atoms with E-state index in [1.165, 1.54) is 21.7 Å². The molecule has 0 aromatic heterocycles. The van der Waals surface area contributed by atoms with Crippen molar-refractivity contribution in [2.75, 3.05) is 51.2 Å². The van der Waals surface area contributed by atoms with Crippen molar-refractivity contribution in [3.63, 3.8) is 0 Å². The molecule has 0 atom stereocenters. The zero-order valence-corrected chi connectivity index (χ0v) is 14.2. The number of anilines is 1. The fourth-order valence-corrected chi connectivity index (χ4v) is 2.88. The first kappa shape index (κ1) is 17.3.